The summed E-state index contributed by atoms with van der Waals surface area (Å²) in [5.41, 5.74) is -0.0453. The second-order valence-electron chi connectivity index (χ2n) is 6.39. The normalized spacial score (nSPS) is 24.1. The molecule has 0 unspecified atom stereocenters. The lowest BCUT2D eigenvalue weighted by Crippen LogP contribution is -3.00. The van der Waals surface area contributed by atoms with Gasteiger partial charge in [-0.1, -0.05) is 54.6 Å². The van der Waals surface area contributed by atoms with Crippen LogP contribution >= 0.6 is 0 Å². The molecule has 2 aromatic rings. The van der Waals surface area contributed by atoms with E-state index in [4.69, 9.17) is 0 Å². The van der Waals surface area contributed by atoms with Crippen molar-refractivity contribution < 1.29 is 26.7 Å². The number of rotatable bonds is 2. The zero-order chi connectivity index (χ0) is 15.0. The maximum atomic E-state index is 11.6. The molecule has 23 heavy (non-hydrogen) atoms. The Kier molecular flexibility index (Phi) is 4.69. The third kappa shape index (κ3) is 2.76. The molecule has 1 aliphatic carbocycles. The van der Waals surface area contributed by atoms with Gasteiger partial charge in [-0.3, -0.25) is 0 Å². The molecule has 1 fully saturated rings. The van der Waals surface area contributed by atoms with Gasteiger partial charge in [-0.15, -0.1) is 0 Å². The van der Waals surface area contributed by atoms with Crippen molar-refractivity contribution in [2.75, 3.05) is 4.90 Å². The molecule has 2 heterocycles. The van der Waals surface area contributed by atoms with Gasteiger partial charge in [-0.2, -0.15) is 0 Å². The molecule has 4 nitrogen and oxygen atoms in total. The Bertz CT molecular complexity index is 660. The maximum Gasteiger partial charge on any atom is 0.397 e. The molecule has 1 atom stereocenters. The second kappa shape index (κ2) is 6.57. The summed E-state index contributed by atoms with van der Waals surface area (Å²) in [4.78, 5) is 6.73. The number of nitrogens with zero attached hydrogens (tertiary/aromatic N) is 3. The number of fused-ring (bicyclic) bond motifs is 1. The van der Waals surface area contributed by atoms with E-state index in [1.807, 2.05) is 48.8 Å². The molecule has 1 saturated carbocycles. The van der Waals surface area contributed by atoms with E-state index < -0.39 is 5.72 Å². The van der Waals surface area contributed by atoms with Crippen LogP contribution in [0.25, 0.3) is 0 Å². The van der Waals surface area contributed by atoms with E-state index in [-0.39, 0.29) is 17.0 Å². The summed E-state index contributed by atoms with van der Waals surface area (Å²) in [5.74, 6) is 0.890. The standard InChI is InChI=1S/C18H22N3O.BrH/c22-18(15-8-3-1-4-9-15)14-20-13-7-12-19-17(20)21(18)16-10-5-2-6-11-16;/h1,3-4,7-9,12-13,16,22H,2,5-6,10-11,14H2;1H/q+1;/p-1/t18-;/m1./s1. The molecule has 0 saturated heterocycles. The number of aromatic nitrogens is 2. The molecule has 1 aliphatic heterocycles. The number of aliphatic hydroxyl groups is 1. The Hall–Kier alpha value is -1.46. The molecule has 0 bridgehead atoms. The molecule has 5 heteroatoms. The summed E-state index contributed by atoms with van der Waals surface area (Å²) in [7, 11) is 0. The molecule has 0 amide bonds. The minimum atomic E-state index is -0.995. The lowest BCUT2D eigenvalue weighted by Gasteiger charge is -2.36. The van der Waals surface area contributed by atoms with Gasteiger partial charge in [-0.25, -0.2) is 9.47 Å². The van der Waals surface area contributed by atoms with Gasteiger partial charge < -0.3 is 22.1 Å². The first-order chi connectivity index (χ1) is 10.8. The lowest BCUT2D eigenvalue weighted by atomic mass is 9.91. The summed E-state index contributed by atoms with van der Waals surface area (Å²) < 4.78 is 2.07. The van der Waals surface area contributed by atoms with E-state index in [0.29, 0.717) is 12.6 Å². The highest BCUT2D eigenvalue weighted by Gasteiger charge is 2.54. The third-order valence-electron chi connectivity index (χ3n) is 4.98. The minimum absolute atomic E-state index is 0. The van der Waals surface area contributed by atoms with Crippen molar-refractivity contribution >= 4 is 5.95 Å². The Balaban J connectivity index is 0.00000156. The first-order valence-corrected chi connectivity index (χ1v) is 8.21. The molecule has 122 valence electrons. The van der Waals surface area contributed by atoms with Crippen LogP contribution in [0.1, 0.15) is 37.7 Å². The van der Waals surface area contributed by atoms with Crippen molar-refractivity contribution in [1.29, 1.82) is 0 Å². The van der Waals surface area contributed by atoms with Crippen molar-refractivity contribution in [1.82, 2.24) is 4.98 Å². The van der Waals surface area contributed by atoms with Crippen LogP contribution in [-0.4, -0.2) is 16.1 Å². The van der Waals surface area contributed by atoms with Gasteiger partial charge >= 0.3 is 5.95 Å². The number of hydrogen-bond acceptors (Lipinski definition) is 3. The fraction of sp³-hybridized carbons (Fsp3) is 0.444. The Morgan fingerprint density at radius 3 is 2.57 bits per heavy atom. The van der Waals surface area contributed by atoms with Crippen LogP contribution in [0.2, 0.25) is 0 Å². The number of benzene rings is 1. The highest BCUT2D eigenvalue weighted by molar-refractivity contribution is 5.39. The minimum Gasteiger partial charge on any atom is -1.00 e. The van der Waals surface area contributed by atoms with E-state index >= 15 is 0 Å². The quantitative estimate of drug-likeness (QED) is 0.710. The SMILES string of the molecule is O[C@@]1(c2ccccc2)C[n+]2cccnc2N1C1CCCCC1.[Br-]. The third-order valence-corrected chi connectivity index (χ3v) is 4.98. The van der Waals surface area contributed by atoms with Crippen molar-refractivity contribution in [2.24, 2.45) is 0 Å². The summed E-state index contributed by atoms with van der Waals surface area (Å²) >= 11 is 0. The van der Waals surface area contributed by atoms with Crippen LogP contribution in [0, 0.1) is 0 Å². The summed E-state index contributed by atoms with van der Waals surface area (Å²) in [6.07, 6.45) is 9.86. The van der Waals surface area contributed by atoms with E-state index in [2.05, 4.69) is 14.5 Å². The van der Waals surface area contributed by atoms with Gasteiger partial charge in [0.05, 0.1) is 12.2 Å². The second-order valence-corrected chi connectivity index (χ2v) is 6.39. The Labute approximate surface area is 147 Å². The topological polar surface area (TPSA) is 40.2 Å². The predicted octanol–water partition coefficient (Wildman–Crippen LogP) is -0.629. The summed E-state index contributed by atoms with van der Waals surface area (Å²) in [6.45, 7) is 0.538. The predicted molar refractivity (Wildman–Crippen MR) is 84.1 cm³/mol. The van der Waals surface area contributed by atoms with Gasteiger partial charge in [0.15, 0.2) is 0 Å². The van der Waals surface area contributed by atoms with Crippen LogP contribution in [0.15, 0.2) is 48.8 Å². The van der Waals surface area contributed by atoms with Crippen LogP contribution in [0.5, 0.6) is 0 Å². The Morgan fingerprint density at radius 2 is 1.83 bits per heavy atom. The van der Waals surface area contributed by atoms with Crippen LogP contribution in [0.3, 0.4) is 0 Å². The largest absolute Gasteiger partial charge is 1.00 e. The van der Waals surface area contributed by atoms with Crippen LogP contribution < -0.4 is 26.4 Å². The average molecular weight is 376 g/mol. The first-order valence-electron chi connectivity index (χ1n) is 8.21. The number of halogens is 1. The van der Waals surface area contributed by atoms with E-state index in [1.54, 1.807) is 0 Å². The van der Waals surface area contributed by atoms with Gasteiger partial charge in [0, 0.05) is 11.6 Å². The fourth-order valence-electron chi connectivity index (χ4n) is 3.94. The van der Waals surface area contributed by atoms with E-state index in [1.165, 1.54) is 19.3 Å². The molecular weight excluding hydrogens is 354 g/mol. The van der Waals surface area contributed by atoms with Crippen molar-refractivity contribution in [3.8, 4) is 0 Å². The highest BCUT2D eigenvalue weighted by atomic mass is 79.9. The molecular formula is C18H22BrN3O. The molecule has 4 rings (SSSR count). The van der Waals surface area contributed by atoms with Crippen molar-refractivity contribution in [3.63, 3.8) is 0 Å². The van der Waals surface area contributed by atoms with Crippen LogP contribution in [0.4, 0.5) is 5.95 Å². The van der Waals surface area contributed by atoms with E-state index in [9.17, 15) is 5.11 Å². The Morgan fingerprint density at radius 1 is 1.09 bits per heavy atom. The summed E-state index contributed by atoms with van der Waals surface area (Å²) in [5, 5.41) is 11.6. The first kappa shape index (κ1) is 16.4. The van der Waals surface area contributed by atoms with Gasteiger partial charge in [0.25, 0.3) is 0 Å². The number of anilines is 1. The van der Waals surface area contributed by atoms with Crippen molar-refractivity contribution in [3.05, 3.63) is 54.4 Å². The van der Waals surface area contributed by atoms with Crippen molar-refractivity contribution in [2.45, 2.75) is 50.4 Å². The molecule has 0 radical (unpaired) electrons. The lowest BCUT2D eigenvalue weighted by molar-refractivity contribution is -0.685. The van der Waals surface area contributed by atoms with Gasteiger partial charge in [0.2, 0.25) is 5.72 Å². The molecule has 1 aromatic heterocycles. The zero-order valence-electron chi connectivity index (χ0n) is 13.1. The smallest absolute Gasteiger partial charge is 0.397 e. The maximum absolute atomic E-state index is 11.6. The zero-order valence-corrected chi connectivity index (χ0v) is 14.7. The van der Waals surface area contributed by atoms with Crippen LogP contribution in [-0.2, 0) is 12.3 Å². The molecule has 1 N–H and O–H groups in total. The highest BCUT2D eigenvalue weighted by Crippen LogP contribution is 2.39. The van der Waals surface area contributed by atoms with E-state index in [0.717, 1.165) is 24.4 Å². The average Bonchev–Trinajstić information content (AvgIpc) is 2.90. The molecule has 2 aliphatic rings. The number of hydrogen-bond donors (Lipinski definition) is 1. The fourth-order valence-corrected chi connectivity index (χ4v) is 3.94. The molecule has 1 aromatic carbocycles. The summed E-state index contributed by atoms with van der Waals surface area (Å²) in [6, 6.07) is 12.3. The van der Waals surface area contributed by atoms with Gasteiger partial charge in [0.1, 0.15) is 12.7 Å². The monoisotopic (exact) mass is 375 g/mol. The van der Waals surface area contributed by atoms with Gasteiger partial charge in [-0.05, 0) is 12.8 Å². The molecule has 0 spiro atoms.